The fourth-order valence-corrected chi connectivity index (χ4v) is 2.03. The van der Waals surface area contributed by atoms with Gasteiger partial charge in [-0.1, -0.05) is 31.2 Å². The van der Waals surface area contributed by atoms with E-state index in [9.17, 15) is 0 Å². The minimum absolute atomic E-state index is 0.840. The van der Waals surface area contributed by atoms with Crippen LogP contribution in [0.3, 0.4) is 0 Å². The van der Waals surface area contributed by atoms with Gasteiger partial charge in [-0.2, -0.15) is 0 Å². The van der Waals surface area contributed by atoms with E-state index < -0.39 is 0 Å². The van der Waals surface area contributed by atoms with E-state index >= 15 is 0 Å². The first-order valence-corrected chi connectivity index (χ1v) is 6.64. The van der Waals surface area contributed by atoms with Crippen molar-refractivity contribution in [1.29, 1.82) is 0 Å². The average molecular weight is 255 g/mol. The molecule has 0 amide bonds. The summed E-state index contributed by atoms with van der Waals surface area (Å²) in [6, 6.07) is 12.6. The van der Waals surface area contributed by atoms with E-state index in [1.54, 1.807) is 0 Å². The second-order valence-electron chi connectivity index (χ2n) is 4.78. The maximum Gasteiger partial charge on any atom is 0.128 e. The molecule has 0 atom stereocenters. The van der Waals surface area contributed by atoms with Gasteiger partial charge in [-0.05, 0) is 29.7 Å². The van der Waals surface area contributed by atoms with Crippen molar-refractivity contribution in [2.45, 2.75) is 19.9 Å². The highest BCUT2D eigenvalue weighted by Gasteiger charge is 2.01. The second-order valence-corrected chi connectivity index (χ2v) is 4.78. The lowest BCUT2D eigenvalue weighted by atomic mass is 10.1. The Morgan fingerprint density at radius 2 is 1.79 bits per heavy atom. The molecule has 0 aliphatic rings. The van der Waals surface area contributed by atoms with Gasteiger partial charge < -0.3 is 10.2 Å². The predicted molar refractivity (Wildman–Crippen MR) is 81.7 cm³/mol. The first-order valence-electron chi connectivity index (χ1n) is 6.64. The molecular formula is C16H21N3. The number of hydrogen-bond acceptors (Lipinski definition) is 3. The highest BCUT2D eigenvalue weighted by molar-refractivity contribution is 5.48. The van der Waals surface area contributed by atoms with Crippen LogP contribution in [0.25, 0.3) is 0 Å². The Balaban J connectivity index is 2.02. The van der Waals surface area contributed by atoms with Gasteiger partial charge >= 0.3 is 0 Å². The Morgan fingerprint density at radius 1 is 1.05 bits per heavy atom. The molecule has 1 heterocycles. The molecule has 1 N–H and O–H groups in total. The smallest absolute Gasteiger partial charge is 0.128 e. The minimum Gasteiger partial charge on any atom is -0.380 e. The van der Waals surface area contributed by atoms with Gasteiger partial charge in [0.25, 0.3) is 0 Å². The third-order valence-electron chi connectivity index (χ3n) is 3.19. The van der Waals surface area contributed by atoms with E-state index in [1.807, 2.05) is 31.3 Å². The van der Waals surface area contributed by atoms with Gasteiger partial charge in [-0.3, -0.25) is 0 Å². The van der Waals surface area contributed by atoms with Gasteiger partial charge in [0.05, 0.1) is 11.9 Å². The zero-order chi connectivity index (χ0) is 13.7. The van der Waals surface area contributed by atoms with Gasteiger partial charge in [0.1, 0.15) is 5.82 Å². The van der Waals surface area contributed by atoms with Crippen LogP contribution in [0.1, 0.15) is 18.1 Å². The minimum atomic E-state index is 0.840. The van der Waals surface area contributed by atoms with Crippen molar-refractivity contribution >= 4 is 11.5 Å². The number of hydrogen-bond donors (Lipinski definition) is 1. The van der Waals surface area contributed by atoms with Crippen LogP contribution in [0.4, 0.5) is 11.5 Å². The van der Waals surface area contributed by atoms with Crippen LogP contribution in [0.2, 0.25) is 0 Å². The van der Waals surface area contributed by atoms with E-state index in [0.717, 1.165) is 24.5 Å². The summed E-state index contributed by atoms with van der Waals surface area (Å²) >= 11 is 0. The quantitative estimate of drug-likeness (QED) is 0.888. The number of aryl methyl sites for hydroxylation is 1. The largest absolute Gasteiger partial charge is 0.380 e. The van der Waals surface area contributed by atoms with Crippen LogP contribution in [-0.4, -0.2) is 19.1 Å². The van der Waals surface area contributed by atoms with Crippen molar-refractivity contribution in [2.75, 3.05) is 24.3 Å². The standard InChI is InChI=1S/C16H21N3/c1-4-13-7-5-6-8-14(13)11-17-15-9-10-16(18-12-15)19(2)3/h5-10,12,17H,4,11H2,1-3H3. The Labute approximate surface area is 115 Å². The van der Waals surface area contributed by atoms with Crippen LogP contribution in [0, 0.1) is 0 Å². The van der Waals surface area contributed by atoms with Crippen molar-refractivity contribution in [3.8, 4) is 0 Å². The van der Waals surface area contributed by atoms with Crippen molar-refractivity contribution in [1.82, 2.24) is 4.98 Å². The number of nitrogens with one attached hydrogen (secondary N) is 1. The third-order valence-corrected chi connectivity index (χ3v) is 3.19. The van der Waals surface area contributed by atoms with E-state index in [1.165, 1.54) is 11.1 Å². The molecule has 19 heavy (non-hydrogen) atoms. The lowest BCUT2D eigenvalue weighted by molar-refractivity contribution is 1.03. The topological polar surface area (TPSA) is 28.2 Å². The predicted octanol–water partition coefficient (Wildman–Crippen LogP) is 3.32. The molecule has 0 saturated heterocycles. The summed E-state index contributed by atoms with van der Waals surface area (Å²) in [5, 5.41) is 3.42. The summed E-state index contributed by atoms with van der Waals surface area (Å²) in [5.41, 5.74) is 3.80. The van der Waals surface area contributed by atoms with Gasteiger partial charge in [0, 0.05) is 20.6 Å². The maximum atomic E-state index is 4.40. The Hall–Kier alpha value is -2.03. The highest BCUT2D eigenvalue weighted by Crippen LogP contribution is 2.15. The van der Waals surface area contributed by atoms with Crippen molar-refractivity contribution < 1.29 is 0 Å². The molecule has 1 aromatic carbocycles. The number of rotatable bonds is 5. The summed E-state index contributed by atoms with van der Waals surface area (Å²) in [4.78, 5) is 6.39. The SMILES string of the molecule is CCc1ccccc1CNc1ccc(N(C)C)nc1. The van der Waals surface area contributed by atoms with Gasteiger partial charge in [-0.15, -0.1) is 0 Å². The van der Waals surface area contributed by atoms with Crippen molar-refractivity contribution in [2.24, 2.45) is 0 Å². The molecule has 3 nitrogen and oxygen atoms in total. The molecule has 0 unspecified atom stereocenters. The van der Waals surface area contributed by atoms with Gasteiger partial charge in [-0.25, -0.2) is 4.98 Å². The zero-order valence-electron chi connectivity index (χ0n) is 11.9. The molecule has 0 fully saturated rings. The number of aromatic nitrogens is 1. The fraction of sp³-hybridized carbons (Fsp3) is 0.312. The summed E-state index contributed by atoms with van der Waals surface area (Å²) in [7, 11) is 3.99. The second kappa shape index (κ2) is 6.23. The monoisotopic (exact) mass is 255 g/mol. The molecule has 0 radical (unpaired) electrons. The summed E-state index contributed by atoms with van der Waals surface area (Å²) in [6.45, 7) is 3.03. The Bertz CT molecular complexity index is 518. The van der Waals surface area contributed by atoms with E-state index in [4.69, 9.17) is 0 Å². The lowest BCUT2D eigenvalue weighted by Crippen LogP contribution is -2.10. The van der Waals surface area contributed by atoms with Crippen LogP contribution < -0.4 is 10.2 Å². The summed E-state index contributed by atoms with van der Waals surface area (Å²) in [6.07, 6.45) is 2.94. The Kier molecular flexibility index (Phi) is 4.39. The van der Waals surface area contributed by atoms with Crippen LogP contribution >= 0.6 is 0 Å². The highest BCUT2D eigenvalue weighted by atomic mass is 15.1. The Morgan fingerprint density at radius 3 is 2.37 bits per heavy atom. The third kappa shape index (κ3) is 3.47. The molecule has 0 aliphatic carbocycles. The summed E-state index contributed by atoms with van der Waals surface area (Å²) in [5.74, 6) is 0.972. The van der Waals surface area contributed by atoms with Crippen LogP contribution in [-0.2, 0) is 13.0 Å². The van der Waals surface area contributed by atoms with Crippen molar-refractivity contribution in [3.05, 3.63) is 53.7 Å². The maximum absolute atomic E-state index is 4.40. The average Bonchev–Trinajstić information content (AvgIpc) is 2.45. The normalized spacial score (nSPS) is 10.3. The molecule has 0 aliphatic heterocycles. The molecule has 0 bridgehead atoms. The summed E-state index contributed by atoms with van der Waals surface area (Å²) < 4.78 is 0. The number of nitrogens with zero attached hydrogens (tertiary/aromatic N) is 2. The lowest BCUT2D eigenvalue weighted by Gasteiger charge is -2.13. The number of pyridine rings is 1. The van der Waals surface area contributed by atoms with E-state index in [0.29, 0.717) is 0 Å². The molecule has 2 rings (SSSR count). The van der Waals surface area contributed by atoms with Gasteiger partial charge in [0.15, 0.2) is 0 Å². The molecule has 0 saturated carbocycles. The number of anilines is 2. The molecule has 2 aromatic rings. The van der Waals surface area contributed by atoms with Gasteiger partial charge in [0.2, 0.25) is 0 Å². The molecule has 100 valence electrons. The van der Waals surface area contributed by atoms with E-state index in [2.05, 4.69) is 47.6 Å². The number of benzene rings is 1. The fourth-order valence-electron chi connectivity index (χ4n) is 2.03. The first kappa shape index (κ1) is 13.4. The molecule has 0 spiro atoms. The van der Waals surface area contributed by atoms with Crippen LogP contribution in [0.15, 0.2) is 42.6 Å². The molecule has 1 aromatic heterocycles. The van der Waals surface area contributed by atoms with E-state index in [-0.39, 0.29) is 0 Å². The van der Waals surface area contributed by atoms with Crippen molar-refractivity contribution in [3.63, 3.8) is 0 Å². The first-order chi connectivity index (χ1) is 9.20. The molecule has 3 heteroatoms. The molecular weight excluding hydrogens is 234 g/mol. The van der Waals surface area contributed by atoms with Crippen LogP contribution in [0.5, 0.6) is 0 Å². The zero-order valence-corrected chi connectivity index (χ0v) is 11.9.